The summed E-state index contributed by atoms with van der Waals surface area (Å²) < 4.78 is 10.9. The molecule has 3 aromatic rings. The van der Waals surface area contributed by atoms with Crippen LogP contribution in [-0.4, -0.2) is 36.7 Å². The van der Waals surface area contributed by atoms with Crippen LogP contribution in [-0.2, 0) is 17.8 Å². The fraction of sp³-hybridized carbons (Fsp3) is 0.200. The monoisotopic (exact) mass is 432 g/mol. The Morgan fingerprint density at radius 2 is 1.94 bits per heavy atom. The van der Waals surface area contributed by atoms with Gasteiger partial charge >= 0.3 is 0 Å². The van der Waals surface area contributed by atoms with Gasteiger partial charge in [-0.3, -0.25) is 19.4 Å². The third-order valence-corrected chi connectivity index (χ3v) is 4.81. The highest BCUT2D eigenvalue weighted by Crippen LogP contribution is 2.20. The molecule has 0 aliphatic rings. The van der Waals surface area contributed by atoms with Crippen LogP contribution < -0.4 is 14.8 Å². The second kappa shape index (κ2) is 10.9. The van der Waals surface area contributed by atoms with Gasteiger partial charge in [0.15, 0.2) is 5.78 Å². The second-order valence-electron chi connectivity index (χ2n) is 7.23. The van der Waals surface area contributed by atoms with Crippen molar-refractivity contribution < 1.29 is 23.9 Å². The first-order valence-electron chi connectivity index (χ1n) is 10.0. The first-order valence-corrected chi connectivity index (χ1v) is 10.0. The smallest absolute Gasteiger partial charge is 0.251 e. The molecule has 0 bridgehead atoms. The van der Waals surface area contributed by atoms with Crippen LogP contribution in [0.3, 0.4) is 0 Å². The van der Waals surface area contributed by atoms with Crippen molar-refractivity contribution in [1.29, 1.82) is 0 Å². The van der Waals surface area contributed by atoms with E-state index in [0.717, 1.165) is 11.1 Å². The van der Waals surface area contributed by atoms with Crippen LogP contribution in [0.15, 0.2) is 60.9 Å². The molecule has 0 aliphatic carbocycles. The normalized spacial score (nSPS) is 10.3. The summed E-state index contributed by atoms with van der Waals surface area (Å²) in [6.45, 7) is 2.07. The van der Waals surface area contributed by atoms with Crippen LogP contribution in [0.1, 0.15) is 37.4 Å². The van der Waals surface area contributed by atoms with Crippen molar-refractivity contribution in [3.63, 3.8) is 0 Å². The highest BCUT2D eigenvalue weighted by atomic mass is 16.5. The number of amides is 1. The Hall–Kier alpha value is -4.00. The maximum atomic E-state index is 12.8. The van der Waals surface area contributed by atoms with Crippen molar-refractivity contribution >= 4 is 18.0 Å². The molecule has 7 heteroatoms. The SMILES string of the molecule is COc1cc(C)ccc1CNC(=O)c1ccncc1CC(=O)COc1cccc(C=O)c1. The average Bonchev–Trinajstić information content (AvgIpc) is 2.82. The molecular formula is C25H24N2O5. The van der Waals surface area contributed by atoms with Crippen molar-refractivity contribution in [3.05, 3.63) is 88.7 Å². The van der Waals surface area contributed by atoms with E-state index in [1.165, 1.54) is 12.4 Å². The summed E-state index contributed by atoms with van der Waals surface area (Å²) in [6, 6.07) is 13.9. The number of pyridine rings is 1. The lowest BCUT2D eigenvalue weighted by Crippen LogP contribution is -2.25. The zero-order valence-corrected chi connectivity index (χ0v) is 18.0. The first kappa shape index (κ1) is 22.7. The predicted molar refractivity (Wildman–Crippen MR) is 119 cm³/mol. The summed E-state index contributed by atoms with van der Waals surface area (Å²) in [6.07, 6.45) is 3.72. The molecule has 1 aromatic heterocycles. The summed E-state index contributed by atoms with van der Waals surface area (Å²) in [5.41, 5.74) is 3.26. The lowest BCUT2D eigenvalue weighted by molar-refractivity contribution is -0.120. The number of carbonyl (C=O) groups is 3. The molecule has 7 nitrogen and oxygen atoms in total. The molecule has 0 atom stereocenters. The number of benzene rings is 2. The molecule has 0 spiro atoms. The number of methoxy groups -OCH3 is 1. The number of carbonyl (C=O) groups excluding carboxylic acids is 3. The number of hydrogen-bond donors (Lipinski definition) is 1. The highest BCUT2D eigenvalue weighted by molar-refractivity contribution is 5.97. The fourth-order valence-corrected chi connectivity index (χ4v) is 3.16. The number of aromatic nitrogens is 1. The lowest BCUT2D eigenvalue weighted by Gasteiger charge is -2.12. The van der Waals surface area contributed by atoms with Gasteiger partial charge in [0.2, 0.25) is 0 Å². The number of aldehydes is 1. The largest absolute Gasteiger partial charge is 0.496 e. The Morgan fingerprint density at radius 1 is 1.09 bits per heavy atom. The van der Waals surface area contributed by atoms with Gasteiger partial charge in [-0.25, -0.2) is 0 Å². The van der Waals surface area contributed by atoms with E-state index in [-0.39, 0.29) is 31.3 Å². The van der Waals surface area contributed by atoms with Gasteiger partial charge < -0.3 is 14.8 Å². The van der Waals surface area contributed by atoms with E-state index in [9.17, 15) is 14.4 Å². The van der Waals surface area contributed by atoms with Gasteiger partial charge in [0.25, 0.3) is 5.91 Å². The van der Waals surface area contributed by atoms with Crippen LogP contribution in [0.5, 0.6) is 11.5 Å². The number of Topliss-reactive ketones (excluding diaryl/α,β-unsaturated/α-hetero) is 1. The van der Waals surface area contributed by atoms with Crippen LogP contribution >= 0.6 is 0 Å². The van der Waals surface area contributed by atoms with E-state index < -0.39 is 0 Å². The summed E-state index contributed by atoms with van der Waals surface area (Å²) in [5, 5.41) is 2.87. The van der Waals surface area contributed by atoms with Gasteiger partial charge in [-0.1, -0.05) is 24.3 Å². The molecule has 1 heterocycles. The molecular weight excluding hydrogens is 408 g/mol. The Kier molecular flexibility index (Phi) is 7.70. The summed E-state index contributed by atoms with van der Waals surface area (Å²) in [5.74, 6) is 0.603. The minimum atomic E-state index is -0.308. The Labute approximate surface area is 186 Å². The van der Waals surface area contributed by atoms with Gasteiger partial charge in [-0.15, -0.1) is 0 Å². The number of nitrogens with one attached hydrogen (secondary N) is 1. The Balaban J connectivity index is 1.62. The van der Waals surface area contributed by atoms with Crippen LogP contribution in [0.2, 0.25) is 0 Å². The quantitative estimate of drug-likeness (QED) is 0.494. The molecule has 164 valence electrons. The second-order valence-corrected chi connectivity index (χ2v) is 7.23. The van der Waals surface area contributed by atoms with Crippen molar-refractivity contribution in [2.24, 2.45) is 0 Å². The van der Waals surface area contributed by atoms with E-state index in [4.69, 9.17) is 9.47 Å². The summed E-state index contributed by atoms with van der Waals surface area (Å²) >= 11 is 0. The molecule has 3 rings (SSSR count). The van der Waals surface area contributed by atoms with Gasteiger partial charge in [-0.05, 0) is 42.3 Å². The maximum Gasteiger partial charge on any atom is 0.251 e. The molecule has 0 saturated carbocycles. The molecule has 2 aromatic carbocycles. The fourth-order valence-electron chi connectivity index (χ4n) is 3.16. The van der Waals surface area contributed by atoms with E-state index in [1.54, 1.807) is 37.4 Å². The third kappa shape index (κ3) is 6.01. The Bertz CT molecular complexity index is 1130. The number of nitrogens with zero attached hydrogens (tertiary/aromatic N) is 1. The number of rotatable bonds is 10. The molecule has 0 unspecified atom stereocenters. The number of ether oxygens (including phenoxy) is 2. The van der Waals surface area contributed by atoms with Crippen LogP contribution in [0.25, 0.3) is 0 Å². The van der Waals surface area contributed by atoms with Crippen molar-refractivity contribution in [3.8, 4) is 11.5 Å². The van der Waals surface area contributed by atoms with Gasteiger partial charge in [0.1, 0.15) is 24.4 Å². The Morgan fingerprint density at radius 3 is 2.72 bits per heavy atom. The maximum absolute atomic E-state index is 12.8. The molecule has 1 amide bonds. The third-order valence-electron chi connectivity index (χ3n) is 4.81. The van der Waals surface area contributed by atoms with Gasteiger partial charge in [0, 0.05) is 42.0 Å². The van der Waals surface area contributed by atoms with Crippen LogP contribution in [0.4, 0.5) is 0 Å². The van der Waals surface area contributed by atoms with E-state index >= 15 is 0 Å². The van der Waals surface area contributed by atoms with Crippen LogP contribution in [0, 0.1) is 6.92 Å². The minimum absolute atomic E-state index is 0.00217. The highest BCUT2D eigenvalue weighted by Gasteiger charge is 2.15. The summed E-state index contributed by atoms with van der Waals surface area (Å²) in [7, 11) is 1.59. The molecule has 32 heavy (non-hydrogen) atoms. The number of hydrogen-bond acceptors (Lipinski definition) is 6. The van der Waals surface area contributed by atoms with E-state index in [0.29, 0.717) is 34.5 Å². The zero-order chi connectivity index (χ0) is 22.9. The lowest BCUT2D eigenvalue weighted by atomic mass is 10.0. The number of aryl methyl sites for hydroxylation is 1. The van der Waals surface area contributed by atoms with Crippen molar-refractivity contribution in [2.75, 3.05) is 13.7 Å². The van der Waals surface area contributed by atoms with E-state index in [1.807, 2.05) is 25.1 Å². The van der Waals surface area contributed by atoms with Crippen molar-refractivity contribution in [1.82, 2.24) is 10.3 Å². The predicted octanol–water partition coefficient (Wildman–Crippen LogP) is 3.33. The van der Waals surface area contributed by atoms with Gasteiger partial charge in [0.05, 0.1) is 7.11 Å². The first-order chi connectivity index (χ1) is 15.5. The molecule has 0 saturated heterocycles. The summed E-state index contributed by atoms with van der Waals surface area (Å²) in [4.78, 5) is 40.1. The van der Waals surface area contributed by atoms with Crippen molar-refractivity contribution in [2.45, 2.75) is 19.9 Å². The molecule has 1 N–H and O–H groups in total. The molecule has 0 fully saturated rings. The van der Waals surface area contributed by atoms with E-state index in [2.05, 4.69) is 10.3 Å². The number of ketones is 1. The average molecular weight is 432 g/mol. The van der Waals surface area contributed by atoms with Gasteiger partial charge in [-0.2, -0.15) is 0 Å². The standard InChI is InChI=1S/C25H24N2O5/c1-17-6-7-19(24(10-17)31-2)14-27-25(30)23-8-9-26-13-20(23)12-21(29)16-32-22-5-3-4-18(11-22)15-28/h3-11,13,15H,12,14,16H2,1-2H3,(H,27,30). The zero-order valence-electron chi connectivity index (χ0n) is 18.0. The molecule has 0 aliphatic heterocycles. The molecule has 0 radical (unpaired) electrons. The minimum Gasteiger partial charge on any atom is -0.496 e. The topological polar surface area (TPSA) is 94.6 Å².